The van der Waals surface area contributed by atoms with E-state index in [0.29, 0.717) is 19.8 Å². The van der Waals surface area contributed by atoms with Crippen LogP contribution in [0.15, 0.2) is 29.4 Å². The van der Waals surface area contributed by atoms with Gasteiger partial charge in [-0.05, 0) is 50.8 Å². The van der Waals surface area contributed by atoms with Gasteiger partial charge in [0, 0.05) is 44.5 Å². The maximum atomic E-state index is 5.96. The number of H-pyrrole nitrogens is 1. The number of aliphatic imine (C=N–C) groups is 1. The first kappa shape index (κ1) is 22.7. The Morgan fingerprint density at radius 3 is 2.72 bits per heavy atom. The van der Waals surface area contributed by atoms with Crippen LogP contribution in [0, 0.1) is 13.8 Å². The first-order chi connectivity index (χ1) is 14.1. The zero-order valence-electron chi connectivity index (χ0n) is 18.2. The van der Waals surface area contributed by atoms with E-state index < -0.39 is 0 Å². The first-order valence-corrected chi connectivity index (χ1v) is 10.4. The number of rotatable bonds is 12. The number of methoxy groups -OCH3 is 1. The minimum atomic E-state index is 0.566. The number of ether oxygens (including phenoxy) is 2. The minimum Gasteiger partial charge on any atom is -0.493 e. The Balaban J connectivity index is 1.90. The van der Waals surface area contributed by atoms with Gasteiger partial charge in [-0.1, -0.05) is 12.1 Å². The van der Waals surface area contributed by atoms with Gasteiger partial charge in [0.2, 0.25) is 0 Å². The van der Waals surface area contributed by atoms with Crippen LogP contribution in [0.3, 0.4) is 0 Å². The maximum Gasteiger partial charge on any atom is 0.191 e. The van der Waals surface area contributed by atoms with E-state index in [1.165, 1.54) is 11.1 Å². The van der Waals surface area contributed by atoms with E-state index in [2.05, 4.69) is 59.8 Å². The third kappa shape index (κ3) is 8.15. The largest absolute Gasteiger partial charge is 0.493 e. The van der Waals surface area contributed by atoms with Crippen LogP contribution >= 0.6 is 0 Å². The molecule has 7 nitrogen and oxygen atoms in total. The van der Waals surface area contributed by atoms with Crippen molar-refractivity contribution in [3.05, 3.63) is 46.8 Å². The Hall–Kier alpha value is -2.54. The van der Waals surface area contributed by atoms with Crippen molar-refractivity contribution >= 4 is 5.96 Å². The summed E-state index contributed by atoms with van der Waals surface area (Å²) in [6.45, 7) is 9.77. The zero-order chi connectivity index (χ0) is 20.9. The van der Waals surface area contributed by atoms with Crippen molar-refractivity contribution in [2.75, 3.05) is 33.4 Å². The summed E-state index contributed by atoms with van der Waals surface area (Å²) >= 11 is 0. The number of hydrogen-bond acceptors (Lipinski definition) is 4. The Kier molecular flexibility index (Phi) is 10.1. The summed E-state index contributed by atoms with van der Waals surface area (Å²) in [4.78, 5) is 4.74. The molecule has 2 rings (SSSR count). The number of nitrogens with one attached hydrogen (secondary N) is 3. The van der Waals surface area contributed by atoms with Crippen LogP contribution in [-0.4, -0.2) is 49.6 Å². The van der Waals surface area contributed by atoms with Crippen LogP contribution in [0.5, 0.6) is 5.75 Å². The van der Waals surface area contributed by atoms with E-state index >= 15 is 0 Å². The zero-order valence-corrected chi connectivity index (χ0v) is 18.2. The number of aromatic nitrogens is 2. The fourth-order valence-electron chi connectivity index (χ4n) is 2.93. The number of aromatic amines is 1. The van der Waals surface area contributed by atoms with E-state index in [9.17, 15) is 0 Å². The summed E-state index contributed by atoms with van der Waals surface area (Å²) < 4.78 is 11.1. The Morgan fingerprint density at radius 1 is 1.14 bits per heavy atom. The summed E-state index contributed by atoms with van der Waals surface area (Å²) in [6, 6.07) is 6.27. The summed E-state index contributed by atoms with van der Waals surface area (Å²) in [5.74, 6) is 1.72. The fraction of sp³-hybridized carbons (Fsp3) is 0.545. The highest BCUT2D eigenvalue weighted by Gasteiger charge is 2.06. The van der Waals surface area contributed by atoms with Gasteiger partial charge >= 0.3 is 0 Å². The Morgan fingerprint density at radius 2 is 2.00 bits per heavy atom. The lowest BCUT2D eigenvalue weighted by molar-refractivity contribution is 0.172. The van der Waals surface area contributed by atoms with Crippen molar-refractivity contribution in [3.8, 4) is 5.75 Å². The second-order valence-corrected chi connectivity index (χ2v) is 7.05. The number of benzene rings is 1. The second-order valence-electron chi connectivity index (χ2n) is 7.05. The van der Waals surface area contributed by atoms with E-state index in [4.69, 9.17) is 14.5 Å². The molecule has 29 heavy (non-hydrogen) atoms. The highest BCUT2D eigenvalue weighted by molar-refractivity contribution is 5.79. The molecule has 1 heterocycles. The lowest BCUT2D eigenvalue weighted by Gasteiger charge is -2.14. The number of aryl methyl sites for hydroxylation is 3. The van der Waals surface area contributed by atoms with Crippen molar-refractivity contribution in [2.24, 2.45) is 4.99 Å². The molecule has 0 bridgehead atoms. The van der Waals surface area contributed by atoms with Crippen LogP contribution in [0.4, 0.5) is 0 Å². The highest BCUT2D eigenvalue weighted by atomic mass is 16.5. The lowest BCUT2D eigenvalue weighted by atomic mass is 10.1. The molecule has 0 saturated heterocycles. The van der Waals surface area contributed by atoms with Crippen LogP contribution in [0.2, 0.25) is 0 Å². The molecular formula is C22H35N5O2. The predicted octanol–water partition coefficient (Wildman–Crippen LogP) is 3.13. The van der Waals surface area contributed by atoms with E-state index in [0.717, 1.165) is 55.3 Å². The van der Waals surface area contributed by atoms with Crippen LogP contribution in [0.25, 0.3) is 0 Å². The molecule has 1 aromatic heterocycles. The summed E-state index contributed by atoms with van der Waals surface area (Å²) in [5, 5.41) is 13.8. The fourth-order valence-corrected chi connectivity index (χ4v) is 2.93. The van der Waals surface area contributed by atoms with Crippen LogP contribution < -0.4 is 15.4 Å². The quantitative estimate of drug-likeness (QED) is 0.289. The topological polar surface area (TPSA) is 83.6 Å². The lowest BCUT2D eigenvalue weighted by Crippen LogP contribution is -2.37. The summed E-state index contributed by atoms with van der Waals surface area (Å²) in [5.41, 5.74) is 4.67. The summed E-state index contributed by atoms with van der Waals surface area (Å²) in [6.07, 6.45) is 4.78. The van der Waals surface area contributed by atoms with Gasteiger partial charge in [0.1, 0.15) is 5.75 Å². The van der Waals surface area contributed by atoms with Gasteiger partial charge in [0.25, 0.3) is 0 Å². The molecule has 0 unspecified atom stereocenters. The molecule has 0 saturated carbocycles. The van der Waals surface area contributed by atoms with Crippen molar-refractivity contribution in [1.82, 2.24) is 20.8 Å². The highest BCUT2D eigenvalue weighted by Crippen LogP contribution is 2.21. The van der Waals surface area contributed by atoms with Gasteiger partial charge < -0.3 is 20.1 Å². The third-order valence-electron chi connectivity index (χ3n) is 4.57. The van der Waals surface area contributed by atoms with Crippen LogP contribution in [-0.2, 0) is 17.7 Å². The molecular weight excluding hydrogens is 366 g/mol. The van der Waals surface area contributed by atoms with Crippen molar-refractivity contribution < 1.29 is 9.47 Å². The number of nitrogens with zero attached hydrogens (tertiary/aromatic N) is 2. The predicted molar refractivity (Wildman–Crippen MR) is 118 cm³/mol. The van der Waals surface area contributed by atoms with Gasteiger partial charge in [0.05, 0.1) is 19.3 Å². The molecule has 0 spiro atoms. The molecule has 7 heteroatoms. The molecule has 0 amide bonds. The molecule has 0 aliphatic rings. The van der Waals surface area contributed by atoms with Crippen molar-refractivity contribution in [3.63, 3.8) is 0 Å². The normalized spacial score (nSPS) is 11.5. The van der Waals surface area contributed by atoms with E-state index in [1.807, 2.05) is 6.20 Å². The molecule has 0 fully saturated rings. The molecule has 0 atom stereocenters. The molecule has 3 N–H and O–H groups in total. The average Bonchev–Trinajstić information content (AvgIpc) is 3.12. The maximum absolute atomic E-state index is 5.96. The molecule has 1 aromatic carbocycles. The molecule has 0 radical (unpaired) electrons. The van der Waals surface area contributed by atoms with E-state index in [1.54, 1.807) is 7.11 Å². The molecule has 0 aliphatic carbocycles. The third-order valence-corrected chi connectivity index (χ3v) is 4.57. The SMILES string of the molecule is CCNC(=NCc1ccc(C)cc1OCCCOC)NCCCc1cn[nH]c1C. The van der Waals surface area contributed by atoms with Gasteiger partial charge in [-0.15, -0.1) is 0 Å². The number of hydrogen-bond donors (Lipinski definition) is 3. The number of guanidine groups is 1. The van der Waals surface area contributed by atoms with Gasteiger partial charge in [-0.2, -0.15) is 5.10 Å². The Bertz CT molecular complexity index is 757. The minimum absolute atomic E-state index is 0.566. The molecule has 160 valence electrons. The van der Waals surface area contributed by atoms with Crippen LogP contribution in [0.1, 0.15) is 42.1 Å². The van der Waals surface area contributed by atoms with Gasteiger partial charge in [-0.25, -0.2) is 4.99 Å². The summed E-state index contributed by atoms with van der Waals surface area (Å²) in [7, 11) is 1.71. The monoisotopic (exact) mass is 401 g/mol. The standard InChI is InChI=1S/C22H35N5O2/c1-5-23-22(24-11-6-8-19-16-26-27-18(19)3)25-15-20-10-9-17(2)14-21(20)29-13-7-12-28-4/h9-10,14,16H,5-8,11-13,15H2,1-4H3,(H,26,27)(H2,23,24,25). The van der Waals surface area contributed by atoms with Crippen molar-refractivity contribution in [1.29, 1.82) is 0 Å². The molecule has 2 aromatic rings. The van der Waals surface area contributed by atoms with E-state index in [-0.39, 0.29) is 0 Å². The smallest absolute Gasteiger partial charge is 0.191 e. The average molecular weight is 402 g/mol. The van der Waals surface area contributed by atoms with Crippen molar-refractivity contribution in [2.45, 2.75) is 46.6 Å². The second kappa shape index (κ2) is 12.8. The van der Waals surface area contributed by atoms with Gasteiger partial charge in [-0.3, -0.25) is 5.10 Å². The van der Waals surface area contributed by atoms with Gasteiger partial charge in [0.15, 0.2) is 5.96 Å². The first-order valence-electron chi connectivity index (χ1n) is 10.4. The Labute approximate surface area is 174 Å². The molecule has 0 aliphatic heterocycles.